The minimum absolute atomic E-state index is 0.194. The highest BCUT2D eigenvalue weighted by Gasteiger charge is 2.18. The van der Waals surface area contributed by atoms with Gasteiger partial charge in [0, 0.05) is 19.6 Å². The number of nitrogens with zero attached hydrogens (tertiary/aromatic N) is 2. The van der Waals surface area contributed by atoms with E-state index in [-0.39, 0.29) is 6.10 Å². The van der Waals surface area contributed by atoms with Gasteiger partial charge in [-0.2, -0.15) is 0 Å². The molecule has 0 aromatic carbocycles. The molecule has 1 unspecified atom stereocenters. The molecule has 100 valence electrons. The zero-order valence-electron chi connectivity index (χ0n) is 10.7. The molecule has 1 aliphatic heterocycles. The fourth-order valence-corrected chi connectivity index (χ4v) is 1.99. The van der Waals surface area contributed by atoms with Gasteiger partial charge in [-0.05, 0) is 18.7 Å². The van der Waals surface area contributed by atoms with E-state index >= 15 is 0 Å². The first-order chi connectivity index (χ1) is 8.69. The van der Waals surface area contributed by atoms with Crippen LogP contribution in [0, 0.1) is 0 Å². The van der Waals surface area contributed by atoms with Crippen LogP contribution in [-0.4, -0.2) is 48.8 Å². The number of aromatic nitrogens is 1. The van der Waals surface area contributed by atoms with Crippen molar-refractivity contribution in [3.63, 3.8) is 0 Å². The molecule has 1 aromatic rings. The number of hydrogen-bond donors (Lipinski definition) is 3. The van der Waals surface area contributed by atoms with Crippen molar-refractivity contribution < 1.29 is 4.74 Å². The molecule has 0 spiro atoms. The van der Waals surface area contributed by atoms with E-state index in [4.69, 9.17) is 16.2 Å². The summed E-state index contributed by atoms with van der Waals surface area (Å²) < 4.78 is 5.70. The number of likely N-dealkylation sites (N-methyl/N-ethyl adjacent to an activating group) is 1. The molecule has 1 fully saturated rings. The Morgan fingerprint density at radius 2 is 2.33 bits per heavy atom. The van der Waals surface area contributed by atoms with Crippen LogP contribution in [0.2, 0.25) is 0 Å². The minimum atomic E-state index is 0.194. The molecule has 1 aliphatic rings. The second-order valence-corrected chi connectivity index (χ2v) is 4.44. The molecule has 6 nitrogen and oxygen atoms in total. The number of ether oxygens (including phenoxy) is 1. The standard InChI is InChI=1S/C12H21N5O/c1-2-17-5-6-18-9(8-17)7-15-11-4-3-10(13)12(14)16-11/h3-4,9H,2,5-8,13H2,1H3,(H3,14,15,16). The summed E-state index contributed by atoms with van der Waals surface area (Å²) in [6.07, 6.45) is 0.194. The lowest BCUT2D eigenvalue weighted by Gasteiger charge is -2.32. The Morgan fingerprint density at radius 1 is 1.50 bits per heavy atom. The second-order valence-electron chi connectivity index (χ2n) is 4.44. The van der Waals surface area contributed by atoms with Crippen molar-refractivity contribution in [1.29, 1.82) is 0 Å². The Bertz CT molecular complexity index is 398. The van der Waals surface area contributed by atoms with Crippen LogP contribution in [-0.2, 0) is 4.74 Å². The van der Waals surface area contributed by atoms with Crippen LogP contribution in [0.15, 0.2) is 12.1 Å². The third-order valence-electron chi connectivity index (χ3n) is 3.14. The maximum atomic E-state index is 5.70. The van der Waals surface area contributed by atoms with Gasteiger partial charge < -0.3 is 21.5 Å². The fourth-order valence-electron chi connectivity index (χ4n) is 1.99. The van der Waals surface area contributed by atoms with Gasteiger partial charge in [-0.15, -0.1) is 0 Å². The van der Waals surface area contributed by atoms with Crippen LogP contribution in [0.3, 0.4) is 0 Å². The molecule has 1 atom stereocenters. The van der Waals surface area contributed by atoms with E-state index in [1.807, 2.05) is 6.07 Å². The molecule has 0 saturated carbocycles. The zero-order valence-corrected chi connectivity index (χ0v) is 10.7. The van der Waals surface area contributed by atoms with Crippen LogP contribution >= 0.6 is 0 Å². The second kappa shape index (κ2) is 5.88. The third-order valence-corrected chi connectivity index (χ3v) is 3.14. The Hall–Kier alpha value is -1.53. The quantitative estimate of drug-likeness (QED) is 0.717. The number of rotatable bonds is 4. The maximum Gasteiger partial charge on any atom is 0.149 e. The molecule has 1 aromatic heterocycles. The van der Waals surface area contributed by atoms with E-state index in [0.29, 0.717) is 11.5 Å². The van der Waals surface area contributed by atoms with E-state index in [0.717, 1.165) is 38.6 Å². The average Bonchev–Trinajstić information content (AvgIpc) is 2.40. The summed E-state index contributed by atoms with van der Waals surface area (Å²) >= 11 is 0. The maximum absolute atomic E-state index is 5.70. The van der Waals surface area contributed by atoms with Gasteiger partial charge in [0.15, 0.2) is 0 Å². The van der Waals surface area contributed by atoms with Crippen molar-refractivity contribution in [2.75, 3.05) is 49.6 Å². The van der Waals surface area contributed by atoms with Crippen molar-refractivity contribution in [2.45, 2.75) is 13.0 Å². The summed E-state index contributed by atoms with van der Waals surface area (Å²) in [4.78, 5) is 6.54. The molecule has 0 amide bonds. The minimum Gasteiger partial charge on any atom is -0.396 e. The average molecular weight is 251 g/mol. The van der Waals surface area contributed by atoms with Crippen molar-refractivity contribution in [3.05, 3.63) is 12.1 Å². The van der Waals surface area contributed by atoms with Gasteiger partial charge >= 0.3 is 0 Å². The lowest BCUT2D eigenvalue weighted by molar-refractivity contribution is -0.0192. The van der Waals surface area contributed by atoms with Crippen LogP contribution in [0.4, 0.5) is 17.3 Å². The van der Waals surface area contributed by atoms with Gasteiger partial charge in [0.05, 0.1) is 18.4 Å². The van der Waals surface area contributed by atoms with Crippen molar-refractivity contribution in [3.8, 4) is 0 Å². The number of hydrogen-bond acceptors (Lipinski definition) is 6. The van der Waals surface area contributed by atoms with E-state index in [1.54, 1.807) is 6.07 Å². The molecular formula is C12H21N5O. The van der Waals surface area contributed by atoms with Crippen LogP contribution < -0.4 is 16.8 Å². The highest BCUT2D eigenvalue weighted by molar-refractivity contribution is 5.61. The highest BCUT2D eigenvalue weighted by atomic mass is 16.5. The monoisotopic (exact) mass is 251 g/mol. The number of nitrogens with one attached hydrogen (secondary N) is 1. The molecule has 5 N–H and O–H groups in total. The lowest BCUT2D eigenvalue weighted by atomic mass is 10.2. The topological polar surface area (TPSA) is 89.4 Å². The normalized spacial score (nSPS) is 20.8. The summed E-state index contributed by atoms with van der Waals surface area (Å²) in [5.74, 6) is 1.10. The Labute approximate surface area is 107 Å². The van der Waals surface area contributed by atoms with Crippen molar-refractivity contribution in [1.82, 2.24) is 9.88 Å². The van der Waals surface area contributed by atoms with Gasteiger partial charge in [0.2, 0.25) is 0 Å². The summed E-state index contributed by atoms with van der Waals surface area (Å²) in [6.45, 7) is 6.71. The molecule has 0 bridgehead atoms. The first kappa shape index (κ1) is 12.9. The smallest absolute Gasteiger partial charge is 0.149 e. The number of pyridine rings is 1. The van der Waals surface area contributed by atoms with Crippen LogP contribution in [0.1, 0.15) is 6.92 Å². The number of morpholine rings is 1. The van der Waals surface area contributed by atoms with E-state index in [9.17, 15) is 0 Å². The largest absolute Gasteiger partial charge is 0.396 e. The molecule has 2 heterocycles. The number of nitrogen functional groups attached to an aromatic ring is 2. The fraction of sp³-hybridized carbons (Fsp3) is 0.583. The van der Waals surface area contributed by atoms with Crippen molar-refractivity contribution in [2.24, 2.45) is 0 Å². The summed E-state index contributed by atoms with van der Waals surface area (Å²) in [5, 5.41) is 3.23. The Morgan fingerprint density at radius 3 is 3.06 bits per heavy atom. The highest BCUT2D eigenvalue weighted by Crippen LogP contribution is 2.15. The Kier molecular flexibility index (Phi) is 4.22. The first-order valence-electron chi connectivity index (χ1n) is 6.29. The number of nitrogens with two attached hydrogens (primary N) is 2. The van der Waals surface area contributed by atoms with Gasteiger partial charge in [0.25, 0.3) is 0 Å². The van der Waals surface area contributed by atoms with Gasteiger partial charge in [-0.3, -0.25) is 4.90 Å². The molecule has 0 radical (unpaired) electrons. The zero-order chi connectivity index (χ0) is 13.0. The van der Waals surface area contributed by atoms with Crippen LogP contribution in [0.5, 0.6) is 0 Å². The predicted octanol–water partition coefficient (Wildman–Crippen LogP) is 0.379. The lowest BCUT2D eigenvalue weighted by Crippen LogP contribution is -2.45. The third kappa shape index (κ3) is 3.24. The van der Waals surface area contributed by atoms with Crippen molar-refractivity contribution >= 4 is 17.3 Å². The summed E-state index contributed by atoms with van der Waals surface area (Å²) in [6, 6.07) is 3.58. The predicted molar refractivity (Wildman–Crippen MR) is 73.4 cm³/mol. The molecule has 1 saturated heterocycles. The molecule has 0 aliphatic carbocycles. The van der Waals surface area contributed by atoms with E-state index in [2.05, 4.69) is 22.1 Å². The van der Waals surface area contributed by atoms with E-state index < -0.39 is 0 Å². The molecule has 6 heteroatoms. The van der Waals surface area contributed by atoms with Gasteiger partial charge in [0.1, 0.15) is 11.6 Å². The summed E-state index contributed by atoms with van der Waals surface area (Å²) in [5.41, 5.74) is 11.8. The Balaban J connectivity index is 1.85. The van der Waals surface area contributed by atoms with Crippen LogP contribution in [0.25, 0.3) is 0 Å². The first-order valence-corrected chi connectivity index (χ1v) is 6.29. The molecule has 18 heavy (non-hydrogen) atoms. The SMILES string of the molecule is CCN1CCOC(CNc2ccc(N)c(N)n2)C1. The van der Waals surface area contributed by atoms with Gasteiger partial charge in [-0.25, -0.2) is 4.98 Å². The number of anilines is 3. The summed E-state index contributed by atoms with van der Waals surface area (Å²) in [7, 11) is 0. The molecule has 2 rings (SSSR count). The van der Waals surface area contributed by atoms with E-state index in [1.165, 1.54) is 0 Å². The van der Waals surface area contributed by atoms with Gasteiger partial charge in [-0.1, -0.05) is 6.92 Å². The molecular weight excluding hydrogens is 230 g/mol.